The first-order valence-corrected chi connectivity index (χ1v) is 8.68. The maximum atomic E-state index is 11.9. The Balaban J connectivity index is 1.38. The third-order valence-electron chi connectivity index (χ3n) is 3.82. The summed E-state index contributed by atoms with van der Waals surface area (Å²) < 4.78 is 12.6. The summed E-state index contributed by atoms with van der Waals surface area (Å²) in [5, 5.41) is 3.50. The molecular weight excluding hydrogens is 354 g/mol. The second kappa shape index (κ2) is 8.58. The molecule has 0 aliphatic rings. The summed E-state index contributed by atoms with van der Waals surface area (Å²) >= 11 is 5.94. The highest BCUT2D eigenvalue weighted by Crippen LogP contribution is 2.17. The molecule has 0 aliphatic carbocycles. The Morgan fingerprint density at radius 3 is 2.77 bits per heavy atom. The SMILES string of the molecule is COc1ccc(OCCCC(=O)NCc2cn3ccc(Cl)cc3n2)cc1. The predicted octanol–water partition coefficient (Wildman–Crippen LogP) is 3.47. The minimum atomic E-state index is -0.0292. The molecule has 1 amide bonds. The maximum Gasteiger partial charge on any atom is 0.220 e. The number of methoxy groups -OCH3 is 1. The Kier molecular flexibility index (Phi) is 5.96. The average Bonchev–Trinajstić information content (AvgIpc) is 3.06. The number of nitrogens with zero attached hydrogens (tertiary/aromatic N) is 2. The number of ether oxygens (including phenoxy) is 2. The van der Waals surface area contributed by atoms with Gasteiger partial charge in [0.05, 0.1) is 26.0 Å². The highest BCUT2D eigenvalue weighted by molar-refractivity contribution is 6.30. The number of fused-ring (bicyclic) bond motifs is 1. The van der Waals surface area contributed by atoms with Crippen molar-refractivity contribution in [1.82, 2.24) is 14.7 Å². The first-order valence-electron chi connectivity index (χ1n) is 8.31. The van der Waals surface area contributed by atoms with Gasteiger partial charge in [0, 0.05) is 23.8 Å². The summed E-state index contributed by atoms with van der Waals surface area (Å²) in [4.78, 5) is 16.4. The van der Waals surface area contributed by atoms with Crippen LogP contribution >= 0.6 is 11.6 Å². The fourth-order valence-electron chi connectivity index (χ4n) is 2.47. The second-order valence-corrected chi connectivity index (χ2v) is 6.18. The van der Waals surface area contributed by atoms with Crippen LogP contribution in [0.15, 0.2) is 48.8 Å². The quantitative estimate of drug-likeness (QED) is 0.614. The van der Waals surface area contributed by atoms with E-state index in [1.807, 2.05) is 41.1 Å². The number of nitrogens with one attached hydrogen (secondary N) is 1. The first-order chi connectivity index (χ1) is 12.6. The number of halogens is 1. The van der Waals surface area contributed by atoms with E-state index in [1.54, 1.807) is 19.2 Å². The Labute approximate surface area is 156 Å². The van der Waals surface area contributed by atoms with Crippen LogP contribution in [0.5, 0.6) is 11.5 Å². The van der Waals surface area contributed by atoms with Crippen molar-refractivity contribution in [2.45, 2.75) is 19.4 Å². The molecule has 7 heteroatoms. The molecule has 3 rings (SSSR count). The lowest BCUT2D eigenvalue weighted by Crippen LogP contribution is -2.23. The molecule has 0 saturated carbocycles. The van der Waals surface area contributed by atoms with Gasteiger partial charge in [0.1, 0.15) is 17.1 Å². The Bertz CT molecular complexity index is 877. The number of carbonyl (C=O) groups excluding carboxylic acids is 1. The third kappa shape index (κ3) is 4.89. The minimum Gasteiger partial charge on any atom is -0.497 e. The van der Waals surface area contributed by atoms with Gasteiger partial charge in [0.25, 0.3) is 0 Å². The van der Waals surface area contributed by atoms with Gasteiger partial charge in [-0.2, -0.15) is 0 Å². The van der Waals surface area contributed by atoms with E-state index >= 15 is 0 Å². The molecule has 136 valence electrons. The largest absolute Gasteiger partial charge is 0.497 e. The lowest BCUT2D eigenvalue weighted by molar-refractivity contribution is -0.121. The van der Waals surface area contributed by atoms with Gasteiger partial charge >= 0.3 is 0 Å². The summed E-state index contributed by atoms with van der Waals surface area (Å²) in [6.45, 7) is 0.865. The van der Waals surface area contributed by atoms with Crippen LogP contribution in [0.4, 0.5) is 0 Å². The normalized spacial score (nSPS) is 10.7. The first kappa shape index (κ1) is 18.1. The number of carbonyl (C=O) groups is 1. The van der Waals surface area contributed by atoms with Crippen LogP contribution in [0.3, 0.4) is 0 Å². The van der Waals surface area contributed by atoms with Crippen LogP contribution in [-0.2, 0) is 11.3 Å². The average molecular weight is 374 g/mol. The van der Waals surface area contributed by atoms with Gasteiger partial charge in [0.15, 0.2) is 0 Å². The monoisotopic (exact) mass is 373 g/mol. The van der Waals surface area contributed by atoms with E-state index in [0.29, 0.717) is 31.0 Å². The van der Waals surface area contributed by atoms with Crippen LogP contribution in [0.2, 0.25) is 5.02 Å². The van der Waals surface area contributed by atoms with Crippen molar-refractivity contribution in [2.75, 3.05) is 13.7 Å². The highest BCUT2D eigenvalue weighted by atomic mass is 35.5. The summed E-state index contributed by atoms with van der Waals surface area (Å²) in [6, 6.07) is 10.9. The van der Waals surface area contributed by atoms with Crippen molar-refractivity contribution < 1.29 is 14.3 Å². The molecule has 0 spiro atoms. The molecule has 1 aromatic carbocycles. The molecule has 0 radical (unpaired) electrons. The van der Waals surface area contributed by atoms with E-state index in [2.05, 4.69) is 10.3 Å². The number of rotatable bonds is 8. The maximum absolute atomic E-state index is 11.9. The van der Waals surface area contributed by atoms with Crippen molar-refractivity contribution >= 4 is 23.2 Å². The predicted molar refractivity (Wildman–Crippen MR) is 99.8 cm³/mol. The van der Waals surface area contributed by atoms with Crippen LogP contribution < -0.4 is 14.8 Å². The second-order valence-electron chi connectivity index (χ2n) is 5.75. The van der Waals surface area contributed by atoms with Gasteiger partial charge in [0.2, 0.25) is 5.91 Å². The smallest absolute Gasteiger partial charge is 0.220 e. The Morgan fingerprint density at radius 1 is 1.23 bits per heavy atom. The van der Waals surface area contributed by atoms with Crippen molar-refractivity contribution in [3.05, 3.63) is 59.5 Å². The molecule has 0 saturated heterocycles. The van der Waals surface area contributed by atoms with E-state index in [9.17, 15) is 4.79 Å². The lowest BCUT2D eigenvalue weighted by atomic mass is 10.3. The summed E-state index contributed by atoms with van der Waals surface area (Å²) in [5.74, 6) is 1.51. The molecule has 0 aliphatic heterocycles. The van der Waals surface area contributed by atoms with E-state index in [1.165, 1.54) is 0 Å². The van der Waals surface area contributed by atoms with Crippen LogP contribution in [0.25, 0.3) is 5.65 Å². The van der Waals surface area contributed by atoms with E-state index in [0.717, 1.165) is 22.8 Å². The molecule has 0 fully saturated rings. The van der Waals surface area contributed by atoms with E-state index in [-0.39, 0.29) is 5.91 Å². The fourth-order valence-corrected chi connectivity index (χ4v) is 2.62. The molecule has 1 N–H and O–H groups in total. The number of pyridine rings is 1. The van der Waals surface area contributed by atoms with E-state index < -0.39 is 0 Å². The molecule has 0 unspecified atom stereocenters. The molecule has 0 bridgehead atoms. The van der Waals surface area contributed by atoms with Crippen LogP contribution in [0.1, 0.15) is 18.5 Å². The zero-order valence-corrected chi connectivity index (χ0v) is 15.2. The number of imidazole rings is 1. The van der Waals surface area contributed by atoms with Gasteiger partial charge in [-0.05, 0) is 42.8 Å². The number of benzene rings is 1. The summed E-state index contributed by atoms with van der Waals surface area (Å²) in [6.07, 6.45) is 4.75. The molecule has 26 heavy (non-hydrogen) atoms. The van der Waals surface area contributed by atoms with Gasteiger partial charge in [-0.3, -0.25) is 4.79 Å². The van der Waals surface area contributed by atoms with Gasteiger partial charge in [-0.1, -0.05) is 11.6 Å². The third-order valence-corrected chi connectivity index (χ3v) is 4.05. The Hall–Kier alpha value is -2.73. The standard InChI is InChI=1S/C19H20ClN3O3/c1-25-16-4-6-17(7-5-16)26-10-2-3-19(24)21-12-15-13-23-9-8-14(20)11-18(23)22-15/h4-9,11,13H,2-3,10,12H2,1H3,(H,21,24). The number of hydrogen-bond donors (Lipinski definition) is 1. The fraction of sp³-hybridized carbons (Fsp3) is 0.263. The van der Waals surface area contributed by atoms with Crippen molar-refractivity contribution in [3.8, 4) is 11.5 Å². The number of aromatic nitrogens is 2. The van der Waals surface area contributed by atoms with Crippen LogP contribution in [0, 0.1) is 0 Å². The van der Waals surface area contributed by atoms with Gasteiger partial charge in [-0.25, -0.2) is 4.98 Å². The van der Waals surface area contributed by atoms with Crippen LogP contribution in [-0.4, -0.2) is 29.0 Å². The van der Waals surface area contributed by atoms with Crippen molar-refractivity contribution in [3.63, 3.8) is 0 Å². The van der Waals surface area contributed by atoms with Crippen molar-refractivity contribution in [2.24, 2.45) is 0 Å². The summed E-state index contributed by atoms with van der Waals surface area (Å²) in [7, 11) is 1.62. The van der Waals surface area contributed by atoms with Gasteiger partial charge in [-0.15, -0.1) is 0 Å². The molecule has 0 atom stereocenters. The topological polar surface area (TPSA) is 64.9 Å². The number of hydrogen-bond acceptors (Lipinski definition) is 4. The highest BCUT2D eigenvalue weighted by Gasteiger charge is 2.05. The molecular formula is C19H20ClN3O3. The lowest BCUT2D eigenvalue weighted by Gasteiger charge is -2.07. The number of amides is 1. The zero-order chi connectivity index (χ0) is 18.4. The van der Waals surface area contributed by atoms with Crippen molar-refractivity contribution in [1.29, 1.82) is 0 Å². The molecule has 2 aromatic heterocycles. The minimum absolute atomic E-state index is 0.0292. The molecule has 3 aromatic rings. The Morgan fingerprint density at radius 2 is 2.00 bits per heavy atom. The molecule has 6 nitrogen and oxygen atoms in total. The van der Waals surface area contributed by atoms with Gasteiger partial charge < -0.3 is 19.2 Å². The molecule has 2 heterocycles. The summed E-state index contributed by atoms with van der Waals surface area (Å²) in [5.41, 5.74) is 1.55. The zero-order valence-electron chi connectivity index (χ0n) is 14.4. The van der Waals surface area contributed by atoms with E-state index in [4.69, 9.17) is 21.1 Å².